The molecular formula is C25H34IN5O2. The molecule has 1 heterocycles. The predicted molar refractivity (Wildman–Crippen MR) is 143 cm³/mol. The third kappa shape index (κ3) is 7.73. The van der Waals surface area contributed by atoms with Crippen molar-refractivity contribution in [2.24, 2.45) is 4.99 Å². The zero-order valence-corrected chi connectivity index (χ0v) is 22.0. The lowest BCUT2D eigenvalue weighted by atomic mass is 10.00. The first-order valence-electron chi connectivity index (χ1n) is 11.1. The molecule has 0 aromatic heterocycles. The first kappa shape index (κ1) is 26.6. The van der Waals surface area contributed by atoms with E-state index < -0.39 is 0 Å². The number of guanidine groups is 1. The molecule has 0 fully saturated rings. The van der Waals surface area contributed by atoms with E-state index in [4.69, 9.17) is 0 Å². The Labute approximate surface area is 213 Å². The monoisotopic (exact) mass is 563 g/mol. The van der Waals surface area contributed by atoms with Crippen LogP contribution in [0.4, 0.5) is 0 Å². The summed E-state index contributed by atoms with van der Waals surface area (Å²) < 4.78 is 0. The van der Waals surface area contributed by atoms with Crippen molar-refractivity contribution in [3.63, 3.8) is 0 Å². The summed E-state index contributed by atoms with van der Waals surface area (Å²) in [5.74, 6) is 0.652. The molecule has 0 spiro atoms. The van der Waals surface area contributed by atoms with Crippen LogP contribution in [0.2, 0.25) is 0 Å². The molecule has 0 saturated heterocycles. The molecule has 8 heteroatoms. The lowest BCUT2D eigenvalue weighted by Gasteiger charge is -2.28. The second kappa shape index (κ2) is 13.2. The summed E-state index contributed by atoms with van der Waals surface area (Å²) in [6.45, 7) is 4.86. The van der Waals surface area contributed by atoms with Crippen molar-refractivity contribution in [3.05, 3.63) is 70.8 Å². The highest BCUT2D eigenvalue weighted by Gasteiger charge is 2.20. The number of nitrogens with one attached hydrogen (secondary N) is 2. The van der Waals surface area contributed by atoms with Gasteiger partial charge in [0.05, 0.1) is 0 Å². The molecule has 2 aromatic carbocycles. The van der Waals surface area contributed by atoms with Crippen LogP contribution in [-0.4, -0.2) is 67.8 Å². The zero-order chi connectivity index (χ0) is 22.9. The van der Waals surface area contributed by atoms with Crippen LogP contribution in [-0.2, 0) is 24.2 Å². The average Bonchev–Trinajstić information content (AvgIpc) is 2.81. The second-order valence-electron chi connectivity index (χ2n) is 8.11. The number of rotatable bonds is 7. The Bertz CT molecular complexity index is 977. The van der Waals surface area contributed by atoms with Crippen LogP contribution in [0.25, 0.3) is 0 Å². The summed E-state index contributed by atoms with van der Waals surface area (Å²) in [4.78, 5) is 32.8. The van der Waals surface area contributed by atoms with Gasteiger partial charge < -0.3 is 20.4 Å². The smallest absolute Gasteiger partial charge is 0.253 e. The number of benzene rings is 2. The molecular weight excluding hydrogens is 529 g/mol. The number of halogens is 1. The van der Waals surface area contributed by atoms with E-state index >= 15 is 0 Å². The standard InChI is InChI=1S/C25H33N5O2.HI/c1-4-26-25(27-14-12-19-8-7-11-21(16-19)24(32)29(2)3)28-17-23(31)30-15-13-20-9-5-6-10-22(20)18-30;/h5-11,16H,4,12-15,17-18H2,1-3H3,(H2,26,27,28);1H. The Kier molecular flexibility index (Phi) is 10.6. The maximum Gasteiger partial charge on any atom is 0.253 e. The molecule has 0 saturated carbocycles. The molecule has 0 radical (unpaired) electrons. The van der Waals surface area contributed by atoms with E-state index in [0.717, 1.165) is 24.9 Å². The lowest BCUT2D eigenvalue weighted by molar-refractivity contribution is -0.130. The number of carbonyl (C=O) groups is 2. The third-order valence-corrected chi connectivity index (χ3v) is 5.49. The van der Waals surface area contributed by atoms with Crippen LogP contribution in [0.1, 0.15) is 34.0 Å². The number of nitrogens with zero attached hydrogens (tertiary/aromatic N) is 3. The van der Waals surface area contributed by atoms with Gasteiger partial charge in [-0.3, -0.25) is 9.59 Å². The van der Waals surface area contributed by atoms with Crippen molar-refractivity contribution < 1.29 is 9.59 Å². The quantitative estimate of drug-likeness (QED) is 0.309. The van der Waals surface area contributed by atoms with Crippen molar-refractivity contribution in [2.45, 2.75) is 26.3 Å². The normalized spacial score (nSPS) is 12.9. The van der Waals surface area contributed by atoms with Crippen molar-refractivity contribution >= 4 is 41.8 Å². The maximum atomic E-state index is 12.7. The van der Waals surface area contributed by atoms with E-state index in [2.05, 4.69) is 27.8 Å². The number of aliphatic imine (C=N–C) groups is 1. The van der Waals surface area contributed by atoms with Crippen molar-refractivity contribution in [3.8, 4) is 0 Å². The number of hydrogen-bond acceptors (Lipinski definition) is 3. The van der Waals surface area contributed by atoms with Crippen LogP contribution < -0.4 is 10.6 Å². The minimum absolute atomic E-state index is 0. The molecule has 0 unspecified atom stereocenters. The second-order valence-corrected chi connectivity index (χ2v) is 8.11. The number of amides is 2. The highest BCUT2D eigenvalue weighted by atomic mass is 127. The number of hydrogen-bond donors (Lipinski definition) is 2. The van der Waals surface area contributed by atoms with Gasteiger partial charge >= 0.3 is 0 Å². The largest absolute Gasteiger partial charge is 0.357 e. The summed E-state index contributed by atoms with van der Waals surface area (Å²) >= 11 is 0. The Morgan fingerprint density at radius 3 is 2.55 bits per heavy atom. The summed E-state index contributed by atoms with van der Waals surface area (Å²) in [7, 11) is 3.50. The van der Waals surface area contributed by atoms with Crippen LogP contribution in [0.5, 0.6) is 0 Å². The van der Waals surface area contributed by atoms with Crippen LogP contribution >= 0.6 is 24.0 Å². The zero-order valence-electron chi connectivity index (χ0n) is 19.6. The van der Waals surface area contributed by atoms with E-state index in [1.54, 1.807) is 19.0 Å². The lowest BCUT2D eigenvalue weighted by Crippen LogP contribution is -2.41. The Morgan fingerprint density at radius 2 is 1.82 bits per heavy atom. The van der Waals surface area contributed by atoms with E-state index in [1.807, 2.05) is 48.2 Å². The van der Waals surface area contributed by atoms with Gasteiger partial charge in [0.15, 0.2) is 5.96 Å². The summed E-state index contributed by atoms with van der Waals surface area (Å²) in [5, 5.41) is 6.48. The number of carbonyl (C=O) groups excluding carboxylic acids is 2. The van der Waals surface area contributed by atoms with E-state index in [-0.39, 0.29) is 42.3 Å². The SMILES string of the molecule is CCNC(=NCC(=O)N1CCc2ccccc2C1)NCCc1cccc(C(=O)N(C)C)c1.I. The third-order valence-electron chi connectivity index (χ3n) is 5.49. The molecule has 33 heavy (non-hydrogen) atoms. The van der Waals surface area contributed by atoms with Gasteiger partial charge in [-0.05, 0) is 48.6 Å². The summed E-state index contributed by atoms with van der Waals surface area (Å²) in [5.41, 5.74) is 4.30. The molecule has 2 amide bonds. The van der Waals surface area contributed by atoms with Crippen LogP contribution in [0, 0.1) is 0 Å². The van der Waals surface area contributed by atoms with Crippen LogP contribution in [0.3, 0.4) is 0 Å². The first-order valence-corrected chi connectivity index (χ1v) is 11.1. The van der Waals surface area contributed by atoms with Gasteiger partial charge in [0.25, 0.3) is 5.91 Å². The summed E-state index contributed by atoms with van der Waals surface area (Å²) in [6, 6.07) is 16.0. The van der Waals surface area contributed by atoms with Crippen LogP contribution in [0.15, 0.2) is 53.5 Å². The highest BCUT2D eigenvalue weighted by Crippen LogP contribution is 2.18. The maximum absolute atomic E-state index is 12.7. The van der Waals surface area contributed by atoms with E-state index in [9.17, 15) is 9.59 Å². The van der Waals surface area contributed by atoms with Crippen molar-refractivity contribution in [1.82, 2.24) is 20.4 Å². The fourth-order valence-electron chi connectivity index (χ4n) is 3.74. The fourth-order valence-corrected chi connectivity index (χ4v) is 3.74. The Morgan fingerprint density at radius 1 is 1.06 bits per heavy atom. The minimum atomic E-state index is -0.00596. The van der Waals surface area contributed by atoms with E-state index in [1.165, 1.54) is 11.1 Å². The molecule has 2 N–H and O–H groups in total. The highest BCUT2D eigenvalue weighted by molar-refractivity contribution is 14.0. The predicted octanol–water partition coefficient (Wildman–Crippen LogP) is 2.69. The van der Waals surface area contributed by atoms with Crippen molar-refractivity contribution in [1.29, 1.82) is 0 Å². The van der Waals surface area contributed by atoms with Gasteiger partial charge in [-0.25, -0.2) is 4.99 Å². The Hall–Kier alpha value is -2.62. The molecule has 1 aliphatic rings. The molecule has 178 valence electrons. The van der Waals surface area contributed by atoms with Gasteiger partial charge in [0.1, 0.15) is 6.54 Å². The van der Waals surface area contributed by atoms with Gasteiger partial charge in [-0.1, -0.05) is 36.4 Å². The summed E-state index contributed by atoms with van der Waals surface area (Å²) in [6.07, 6.45) is 1.63. The minimum Gasteiger partial charge on any atom is -0.357 e. The topological polar surface area (TPSA) is 77.0 Å². The fraction of sp³-hybridized carbons (Fsp3) is 0.400. The van der Waals surface area contributed by atoms with Crippen molar-refractivity contribution in [2.75, 3.05) is 40.3 Å². The molecule has 2 aromatic rings. The van der Waals surface area contributed by atoms with Gasteiger partial charge in [0, 0.05) is 45.8 Å². The van der Waals surface area contributed by atoms with Gasteiger partial charge in [-0.2, -0.15) is 0 Å². The molecule has 7 nitrogen and oxygen atoms in total. The molecule has 0 atom stereocenters. The van der Waals surface area contributed by atoms with Gasteiger partial charge in [-0.15, -0.1) is 24.0 Å². The Balaban J connectivity index is 0.00000385. The first-order chi connectivity index (χ1) is 15.5. The average molecular weight is 563 g/mol. The van der Waals surface area contributed by atoms with E-state index in [0.29, 0.717) is 31.2 Å². The number of fused-ring (bicyclic) bond motifs is 1. The molecule has 0 aliphatic carbocycles. The molecule has 3 rings (SSSR count). The molecule has 0 bridgehead atoms. The van der Waals surface area contributed by atoms with Gasteiger partial charge in [0.2, 0.25) is 5.91 Å². The molecule has 1 aliphatic heterocycles.